The molecule has 1 atom stereocenters. The zero-order valence-corrected chi connectivity index (χ0v) is 12.4. The van der Waals surface area contributed by atoms with Crippen LogP contribution in [-0.2, 0) is 0 Å². The van der Waals surface area contributed by atoms with Crippen molar-refractivity contribution in [1.82, 2.24) is 14.8 Å². The van der Waals surface area contributed by atoms with Gasteiger partial charge in [0, 0.05) is 5.69 Å². The SMILES string of the molecule is CSc1nnc([C@@H](O)c2ccccc2)n1-c1ccccc1. The Morgan fingerprint density at radius 3 is 2.19 bits per heavy atom. The van der Waals surface area contributed by atoms with E-state index < -0.39 is 6.10 Å². The Hall–Kier alpha value is -2.11. The van der Waals surface area contributed by atoms with E-state index in [1.54, 1.807) is 0 Å². The van der Waals surface area contributed by atoms with Crippen molar-refractivity contribution < 1.29 is 5.11 Å². The second kappa shape index (κ2) is 6.11. The molecule has 0 aliphatic carbocycles. The third-order valence-corrected chi connectivity index (χ3v) is 3.84. The summed E-state index contributed by atoms with van der Waals surface area (Å²) in [5.74, 6) is 0.525. The summed E-state index contributed by atoms with van der Waals surface area (Å²) in [6.07, 6.45) is 1.14. The van der Waals surface area contributed by atoms with Gasteiger partial charge in [-0.25, -0.2) is 0 Å². The number of rotatable bonds is 4. The van der Waals surface area contributed by atoms with Gasteiger partial charge in [-0.1, -0.05) is 60.3 Å². The van der Waals surface area contributed by atoms with E-state index in [-0.39, 0.29) is 0 Å². The van der Waals surface area contributed by atoms with Gasteiger partial charge in [0.1, 0.15) is 6.10 Å². The Bertz CT molecular complexity index is 713. The number of benzene rings is 2. The molecule has 1 N–H and O–H groups in total. The molecule has 21 heavy (non-hydrogen) atoms. The molecule has 0 fully saturated rings. The second-order valence-corrected chi connectivity index (χ2v) is 5.30. The molecular weight excluding hydrogens is 282 g/mol. The Morgan fingerprint density at radius 2 is 1.57 bits per heavy atom. The van der Waals surface area contributed by atoms with Crippen LogP contribution in [0.3, 0.4) is 0 Å². The molecule has 0 spiro atoms. The van der Waals surface area contributed by atoms with Crippen LogP contribution in [0.15, 0.2) is 65.8 Å². The fraction of sp³-hybridized carbons (Fsp3) is 0.125. The van der Waals surface area contributed by atoms with Crippen LogP contribution in [0, 0.1) is 0 Å². The molecule has 2 aromatic carbocycles. The van der Waals surface area contributed by atoms with Gasteiger partial charge in [0.2, 0.25) is 0 Å². The number of para-hydroxylation sites is 1. The van der Waals surface area contributed by atoms with Gasteiger partial charge in [0.15, 0.2) is 11.0 Å². The molecule has 0 unspecified atom stereocenters. The Kier molecular flexibility index (Phi) is 4.03. The van der Waals surface area contributed by atoms with Gasteiger partial charge in [0.05, 0.1) is 0 Å². The van der Waals surface area contributed by atoms with Gasteiger partial charge >= 0.3 is 0 Å². The molecule has 0 bridgehead atoms. The predicted octanol–water partition coefficient (Wildman–Crippen LogP) is 3.07. The van der Waals surface area contributed by atoms with E-state index in [4.69, 9.17) is 0 Å². The van der Waals surface area contributed by atoms with E-state index in [0.717, 1.165) is 16.4 Å². The highest BCUT2D eigenvalue weighted by atomic mass is 32.2. The fourth-order valence-corrected chi connectivity index (χ4v) is 2.70. The van der Waals surface area contributed by atoms with E-state index in [1.807, 2.05) is 71.5 Å². The average molecular weight is 297 g/mol. The topological polar surface area (TPSA) is 50.9 Å². The van der Waals surface area contributed by atoms with Crippen LogP contribution in [0.2, 0.25) is 0 Å². The van der Waals surface area contributed by atoms with Crippen LogP contribution < -0.4 is 0 Å². The number of aromatic nitrogens is 3. The summed E-state index contributed by atoms with van der Waals surface area (Å²) < 4.78 is 1.89. The lowest BCUT2D eigenvalue weighted by atomic mass is 10.1. The molecule has 3 rings (SSSR count). The molecule has 1 aromatic heterocycles. The molecule has 0 amide bonds. The van der Waals surface area contributed by atoms with Crippen molar-refractivity contribution in [2.24, 2.45) is 0 Å². The lowest BCUT2D eigenvalue weighted by Crippen LogP contribution is -2.09. The van der Waals surface area contributed by atoms with Crippen molar-refractivity contribution in [3.63, 3.8) is 0 Å². The lowest BCUT2D eigenvalue weighted by Gasteiger charge is -2.14. The maximum Gasteiger partial charge on any atom is 0.195 e. The first-order valence-electron chi connectivity index (χ1n) is 6.59. The number of nitrogens with zero attached hydrogens (tertiary/aromatic N) is 3. The molecule has 0 saturated carbocycles. The van der Waals surface area contributed by atoms with Crippen molar-refractivity contribution in [1.29, 1.82) is 0 Å². The van der Waals surface area contributed by atoms with E-state index in [0.29, 0.717) is 5.82 Å². The summed E-state index contributed by atoms with van der Waals surface area (Å²) in [5.41, 5.74) is 1.74. The monoisotopic (exact) mass is 297 g/mol. The zero-order valence-electron chi connectivity index (χ0n) is 11.5. The molecule has 106 valence electrons. The van der Waals surface area contributed by atoms with E-state index in [2.05, 4.69) is 10.2 Å². The number of hydrogen-bond acceptors (Lipinski definition) is 4. The highest BCUT2D eigenvalue weighted by Gasteiger charge is 2.21. The first kappa shape index (κ1) is 13.9. The Morgan fingerprint density at radius 1 is 0.952 bits per heavy atom. The molecule has 0 aliphatic heterocycles. The fourth-order valence-electron chi connectivity index (χ4n) is 2.19. The van der Waals surface area contributed by atoms with Crippen molar-refractivity contribution in [3.8, 4) is 5.69 Å². The third-order valence-electron chi connectivity index (χ3n) is 3.22. The minimum atomic E-state index is -0.806. The van der Waals surface area contributed by atoms with Gasteiger partial charge in [-0.15, -0.1) is 10.2 Å². The maximum atomic E-state index is 10.6. The lowest BCUT2D eigenvalue weighted by molar-refractivity contribution is 0.207. The molecule has 5 heteroatoms. The number of hydrogen-bond donors (Lipinski definition) is 1. The zero-order chi connectivity index (χ0) is 14.7. The van der Waals surface area contributed by atoms with Gasteiger partial charge in [0.25, 0.3) is 0 Å². The van der Waals surface area contributed by atoms with Gasteiger partial charge in [-0.2, -0.15) is 0 Å². The van der Waals surface area contributed by atoms with Crippen LogP contribution in [-0.4, -0.2) is 26.1 Å². The molecule has 0 radical (unpaired) electrons. The first-order valence-corrected chi connectivity index (χ1v) is 7.81. The van der Waals surface area contributed by atoms with Gasteiger partial charge < -0.3 is 5.11 Å². The average Bonchev–Trinajstić information content (AvgIpc) is 2.99. The summed E-state index contributed by atoms with van der Waals surface area (Å²) >= 11 is 1.50. The number of aliphatic hydroxyl groups is 1. The van der Waals surface area contributed by atoms with Crippen LogP contribution in [0.1, 0.15) is 17.5 Å². The summed E-state index contributed by atoms with van der Waals surface area (Å²) in [6, 6.07) is 19.3. The quantitative estimate of drug-likeness (QED) is 0.752. The number of aliphatic hydroxyl groups excluding tert-OH is 1. The van der Waals surface area contributed by atoms with Crippen LogP contribution in [0.5, 0.6) is 0 Å². The Balaban J connectivity index is 2.10. The van der Waals surface area contributed by atoms with Crippen molar-refractivity contribution in [2.45, 2.75) is 11.3 Å². The smallest absolute Gasteiger partial charge is 0.195 e. The normalized spacial score (nSPS) is 12.3. The largest absolute Gasteiger partial charge is 0.380 e. The van der Waals surface area contributed by atoms with Gasteiger partial charge in [-0.05, 0) is 24.0 Å². The van der Waals surface area contributed by atoms with E-state index in [1.165, 1.54) is 11.8 Å². The second-order valence-electron chi connectivity index (χ2n) is 4.53. The van der Waals surface area contributed by atoms with Crippen LogP contribution in [0.25, 0.3) is 5.69 Å². The molecule has 4 nitrogen and oxygen atoms in total. The molecule has 3 aromatic rings. The summed E-state index contributed by atoms with van der Waals surface area (Å²) in [7, 11) is 0. The number of thioether (sulfide) groups is 1. The van der Waals surface area contributed by atoms with Gasteiger partial charge in [-0.3, -0.25) is 4.57 Å². The molecular formula is C16H15N3OS. The van der Waals surface area contributed by atoms with E-state index >= 15 is 0 Å². The first-order chi connectivity index (χ1) is 10.3. The summed E-state index contributed by atoms with van der Waals surface area (Å²) in [5, 5.41) is 19.7. The third kappa shape index (κ3) is 2.70. The predicted molar refractivity (Wildman–Crippen MR) is 83.6 cm³/mol. The van der Waals surface area contributed by atoms with Crippen molar-refractivity contribution in [3.05, 3.63) is 72.1 Å². The highest BCUT2D eigenvalue weighted by molar-refractivity contribution is 7.98. The minimum absolute atomic E-state index is 0.525. The van der Waals surface area contributed by atoms with Crippen LogP contribution in [0.4, 0.5) is 0 Å². The van der Waals surface area contributed by atoms with E-state index in [9.17, 15) is 5.11 Å². The maximum absolute atomic E-state index is 10.6. The standard InChI is InChI=1S/C16H15N3OS/c1-21-16-18-17-15(14(20)12-8-4-2-5-9-12)19(16)13-10-6-3-7-11-13/h2-11,14,20H,1H3/t14-/m0/s1. The highest BCUT2D eigenvalue weighted by Crippen LogP contribution is 2.27. The van der Waals surface area contributed by atoms with Crippen molar-refractivity contribution in [2.75, 3.05) is 6.26 Å². The summed E-state index contributed by atoms with van der Waals surface area (Å²) in [6.45, 7) is 0. The molecule has 0 aliphatic rings. The van der Waals surface area contributed by atoms with Crippen molar-refractivity contribution >= 4 is 11.8 Å². The minimum Gasteiger partial charge on any atom is -0.380 e. The van der Waals surface area contributed by atoms with Crippen LogP contribution >= 0.6 is 11.8 Å². The summed E-state index contributed by atoms with van der Waals surface area (Å²) in [4.78, 5) is 0. The Labute approximate surface area is 127 Å². The molecule has 0 saturated heterocycles. The molecule has 1 heterocycles.